The third-order valence-corrected chi connectivity index (χ3v) is 2.72. The molecule has 0 saturated carbocycles. The number of nitrogen functional groups attached to an aromatic ring is 1. The molecule has 0 bridgehead atoms. The zero-order valence-corrected chi connectivity index (χ0v) is 9.05. The molecule has 0 aliphatic carbocycles. The summed E-state index contributed by atoms with van der Waals surface area (Å²) in [7, 11) is 0. The summed E-state index contributed by atoms with van der Waals surface area (Å²) < 4.78 is 1.62. The lowest BCUT2D eigenvalue weighted by molar-refractivity contribution is 1.02. The van der Waals surface area contributed by atoms with E-state index in [-0.39, 0.29) is 5.69 Å². The van der Waals surface area contributed by atoms with E-state index in [0.717, 1.165) is 16.7 Å². The van der Waals surface area contributed by atoms with Crippen molar-refractivity contribution in [3.63, 3.8) is 0 Å². The SMILES string of the molecule is Nc1ccc2[nH]c(=O)n(-c3ccccc3)c2c1. The number of hydrogen-bond acceptors (Lipinski definition) is 2. The number of para-hydroxylation sites is 1. The maximum atomic E-state index is 11.9. The number of fused-ring (bicyclic) bond motifs is 1. The lowest BCUT2D eigenvalue weighted by Gasteiger charge is -2.02. The molecule has 84 valence electrons. The van der Waals surface area contributed by atoms with Crippen LogP contribution in [0.2, 0.25) is 0 Å². The second kappa shape index (κ2) is 3.52. The Bertz CT molecular complexity index is 725. The lowest BCUT2D eigenvalue weighted by Crippen LogP contribution is -2.14. The normalized spacial score (nSPS) is 10.8. The number of aromatic amines is 1. The van der Waals surface area contributed by atoms with E-state index in [1.165, 1.54) is 0 Å². The highest BCUT2D eigenvalue weighted by Gasteiger charge is 2.07. The maximum Gasteiger partial charge on any atom is 0.331 e. The Kier molecular flexibility index (Phi) is 2.01. The van der Waals surface area contributed by atoms with Gasteiger partial charge in [0.25, 0.3) is 0 Å². The highest BCUT2D eigenvalue weighted by molar-refractivity contribution is 5.80. The van der Waals surface area contributed by atoms with Gasteiger partial charge in [0.1, 0.15) is 0 Å². The minimum absolute atomic E-state index is 0.156. The van der Waals surface area contributed by atoms with Crippen LogP contribution in [0.1, 0.15) is 0 Å². The number of nitrogens with one attached hydrogen (secondary N) is 1. The van der Waals surface area contributed by atoms with Gasteiger partial charge >= 0.3 is 5.69 Å². The number of nitrogens with two attached hydrogens (primary N) is 1. The molecule has 0 spiro atoms. The van der Waals surface area contributed by atoms with E-state index < -0.39 is 0 Å². The summed E-state index contributed by atoms with van der Waals surface area (Å²) in [5.74, 6) is 0. The van der Waals surface area contributed by atoms with Crippen LogP contribution in [0, 0.1) is 0 Å². The van der Waals surface area contributed by atoms with Gasteiger partial charge in [-0.3, -0.25) is 4.57 Å². The minimum atomic E-state index is -0.156. The average Bonchev–Trinajstić information content (AvgIpc) is 2.65. The molecular weight excluding hydrogens is 214 g/mol. The van der Waals surface area contributed by atoms with E-state index in [4.69, 9.17) is 5.73 Å². The van der Waals surface area contributed by atoms with Crippen LogP contribution in [-0.4, -0.2) is 9.55 Å². The molecule has 0 aliphatic heterocycles. The molecule has 0 saturated heterocycles. The predicted octanol–water partition coefficient (Wildman–Crippen LogP) is 1.90. The molecule has 0 unspecified atom stereocenters. The Hall–Kier alpha value is -2.49. The molecule has 0 aliphatic rings. The number of anilines is 1. The molecule has 3 rings (SSSR count). The Morgan fingerprint density at radius 2 is 1.82 bits per heavy atom. The fourth-order valence-corrected chi connectivity index (χ4v) is 1.95. The molecule has 0 radical (unpaired) electrons. The van der Waals surface area contributed by atoms with Crippen molar-refractivity contribution in [1.82, 2.24) is 9.55 Å². The van der Waals surface area contributed by atoms with Crippen molar-refractivity contribution in [3.8, 4) is 5.69 Å². The van der Waals surface area contributed by atoms with Crippen molar-refractivity contribution in [2.24, 2.45) is 0 Å². The van der Waals surface area contributed by atoms with Crippen LogP contribution in [0.4, 0.5) is 5.69 Å². The Balaban J connectivity index is 2.40. The number of aromatic nitrogens is 2. The van der Waals surface area contributed by atoms with Crippen LogP contribution >= 0.6 is 0 Å². The van der Waals surface area contributed by atoms with Crippen LogP contribution in [-0.2, 0) is 0 Å². The Morgan fingerprint density at radius 1 is 1.06 bits per heavy atom. The number of imidazole rings is 1. The number of hydrogen-bond donors (Lipinski definition) is 2. The molecule has 0 amide bonds. The third-order valence-electron chi connectivity index (χ3n) is 2.72. The number of benzene rings is 2. The topological polar surface area (TPSA) is 63.8 Å². The molecular formula is C13H11N3O. The second-order valence-electron chi connectivity index (χ2n) is 3.88. The van der Waals surface area contributed by atoms with Crippen molar-refractivity contribution in [2.75, 3.05) is 5.73 Å². The van der Waals surface area contributed by atoms with E-state index in [2.05, 4.69) is 4.98 Å². The van der Waals surface area contributed by atoms with Crippen molar-refractivity contribution in [3.05, 3.63) is 59.0 Å². The molecule has 1 heterocycles. The van der Waals surface area contributed by atoms with E-state index in [1.807, 2.05) is 36.4 Å². The molecule has 17 heavy (non-hydrogen) atoms. The minimum Gasteiger partial charge on any atom is -0.399 e. The highest BCUT2D eigenvalue weighted by Crippen LogP contribution is 2.17. The number of rotatable bonds is 1. The maximum absolute atomic E-state index is 11.9. The second-order valence-corrected chi connectivity index (χ2v) is 3.88. The lowest BCUT2D eigenvalue weighted by atomic mass is 10.2. The van der Waals surface area contributed by atoms with Crippen molar-refractivity contribution < 1.29 is 0 Å². The largest absolute Gasteiger partial charge is 0.399 e. The van der Waals surface area contributed by atoms with E-state index in [0.29, 0.717) is 5.69 Å². The molecule has 0 fully saturated rings. The average molecular weight is 225 g/mol. The molecule has 3 aromatic rings. The van der Waals surface area contributed by atoms with Gasteiger partial charge < -0.3 is 10.7 Å². The van der Waals surface area contributed by atoms with E-state index in [9.17, 15) is 4.79 Å². The van der Waals surface area contributed by atoms with Crippen LogP contribution < -0.4 is 11.4 Å². The quantitative estimate of drug-likeness (QED) is 0.621. The summed E-state index contributed by atoms with van der Waals surface area (Å²) in [5.41, 5.74) is 8.64. The smallest absolute Gasteiger partial charge is 0.331 e. The standard InChI is InChI=1S/C13H11N3O/c14-9-6-7-11-12(8-9)16(13(17)15-11)10-4-2-1-3-5-10/h1-8H,14H2,(H,15,17). The number of nitrogens with zero attached hydrogens (tertiary/aromatic N) is 1. The predicted molar refractivity (Wildman–Crippen MR) is 68.3 cm³/mol. The summed E-state index contributed by atoms with van der Waals surface area (Å²) >= 11 is 0. The van der Waals surface area contributed by atoms with E-state index in [1.54, 1.807) is 16.7 Å². The van der Waals surface area contributed by atoms with Gasteiger partial charge in [-0.25, -0.2) is 4.79 Å². The van der Waals surface area contributed by atoms with Crippen LogP contribution in [0.25, 0.3) is 16.7 Å². The van der Waals surface area contributed by atoms with E-state index >= 15 is 0 Å². The summed E-state index contributed by atoms with van der Waals surface area (Å²) in [6.45, 7) is 0. The first-order valence-corrected chi connectivity index (χ1v) is 5.31. The van der Waals surface area contributed by atoms with Crippen molar-refractivity contribution >= 4 is 16.7 Å². The molecule has 4 nitrogen and oxygen atoms in total. The van der Waals surface area contributed by atoms with Gasteiger partial charge in [-0.2, -0.15) is 0 Å². The van der Waals surface area contributed by atoms with Crippen LogP contribution in [0.5, 0.6) is 0 Å². The van der Waals surface area contributed by atoms with Gasteiger partial charge in [-0.15, -0.1) is 0 Å². The van der Waals surface area contributed by atoms with Gasteiger partial charge in [-0.1, -0.05) is 18.2 Å². The van der Waals surface area contributed by atoms with Crippen molar-refractivity contribution in [2.45, 2.75) is 0 Å². The van der Waals surface area contributed by atoms with Gasteiger partial charge in [0.2, 0.25) is 0 Å². The molecule has 2 aromatic carbocycles. The number of H-pyrrole nitrogens is 1. The zero-order valence-electron chi connectivity index (χ0n) is 9.05. The summed E-state index contributed by atoms with van der Waals surface area (Å²) in [4.78, 5) is 14.7. The molecule has 0 atom stereocenters. The van der Waals surface area contributed by atoms with Gasteiger partial charge in [0, 0.05) is 5.69 Å². The van der Waals surface area contributed by atoms with Gasteiger partial charge in [0.05, 0.1) is 16.7 Å². The summed E-state index contributed by atoms with van der Waals surface area (Å²) in [6.07, 6.45) is 0. The first kappa shape index (κ1) is 9.72. The fraction of sp³-hybridized carbons (Fsp3) is 0. The third kappa shape index (κ3) is 1.50. The molecule has 1 aromatic heterocycles. The fourth-order valence-electron chi connectivity index (χ4n) is 1.95. The van der Waals surface area contributed by atoms with Crippen molar-refractivity contribution in [1.29, 1.82) is 0 Å². The summed E-state index contributed by atoms with van der Waals surface area (Å²) in [5, 5.41) is 0. The summed E-state index contributed by atoms with van der Waals surface area (Å²) in [6, 6.07) is 14.9. The first-order chi connectivity index (χ1) is 8.25. The first-order valence-electron chi connectivity index (χ1n) is 5.31. The molecule has 4 heteroatoms. The monoisotopic (exact) mass is 225 g/mol. The van der Waals surface area contributed by atoms with Crippen LogP contribution in [0.3, 0.4) is 0 Å². The zero-order chi connectivity index (χ0) is 11.8. The highest BCUT2D eigenvalue weighted by atomic mass is 16.1. The molecule has 3 N–H and O–H groups in total. The Labute approximate surface area is 97.3 Å². The Morgan fingerprint density at radius 3 is 2.59 bits per heavy atom. The van der Waals surface area contributed by atoms with Gasteiger partial charge in [0.15, 0.2) is 0 Å². The van der Waals surface area contributed by atoms with Gasteiger partial charge in [-0.05, 0) is 30.3 Å². The van der Waals surface area contributed by atoms with Crippen LogP contribution in [0.15, 0.2) is 53.3 Å².